The van der Waals surface area contributed by atoms with Crippen molar-refractivity contribution in [3.8, 4) is 17.2 Å². The highest BCUT2D eigenvalue weighted by atomic mass is 19.1. The summed E-state index contributed by atoms with van der Waals surface area (Å²) in [5.74, 6) is -0.863. The molecule has 0 saturated carbocycles. The smallest absolute Gasteiger partial charge is 0.316 e. The fourth-order valence-corrected chi connectivity index (χ4v) is 2.36. The molecule has 0 aliphatic rings. The Morgan fingerprint density at radius 3 is 2.67 bits per heavy atom. The molecule has 2 heterocycles. The SMILES string of the molecule is O=C(NCc1ccccc1)c1nc(-c2cn(-c3ccc(F)cc3)nn2)no1. The zero-order valence-electron chi connectivity index (χ0n) is 13.9. The lowest BCUT2D eigenvalue weighted by atomic mass is 10.2. The van der Waals surface area contributed by atoms with Crippen LogP contribution in [0.3, 0.4) is 0 Å². The summed E-state index contributed by atoms with van der Waals surface area (Å²) in [6.07, 6.45) is 1.56. The van der Waals surface area contributed by atoms with Crippen molar-refractivity contribution in [1.29, 1.82) is 0 Å². The van der Waals surface area contributed by atoms with Gasteiger partial charge < -0.3 is 9.84 Å². The Labute approximate surface area is 152 Å². The normalized spacial score (nSPS) is 10.7. The molecule has 9 heteroatoms. The number of nitrogens with zero attached hydrogens (tertiary/aromatic N) is 5. The number of benzene rings is 2. The van der Waals surface area contributed by atoms with E-state index in [1.165, 1.54) is 16.8 Å². The first-order chi connectivity index (χ1) is 13.2. The maximum Gasteiger partial charge on any atom is 0.316 e. The summed E-state index contributed by atoms with van der Waals surface area (Å²) in [5.41, 5.74) is 1.90. The largest absolute Gasteiger partial charge is 0.344 e. The number of carbonyl (C=O) groups is 1. The predicted octanol–water partition coefficient (Wildman–Crippen LogP) is 2.39. The lowest BCUT2D eigenvalue weighted by molar-refractivity contribution is 0.0907. The average molecular weight is 364 g/mol. The van der Waals surface area contributed by atoms with Gasteiger partial charge in [-0.3, -0.25) is 4.79 Å². The van der Waals surface area contributed by atoms with Gasteiger partial charge in [0.25, 0.3) is 0 Å². The van der Waals surface area contributed by atoms with Gasteiger partial charge in [-0.2, -0.15) is 4.98 Å². The molecule has 0 bridgehead atoms. The highest BCUT2D eigenvalue weighted by Gasteiger charge is 2.18. The van der Waals surface area contributed by atoms with Crippen LogP contribution in [0, 0.1) is 5.82 Å². The van der Waals surface area contributed by atoms with E-state index in [1.54, 1.807) is 18.3 Å². The van der Waals surface area contributed by atoms with Crippen molar-refractivity contribution in [2.45, 2.75) is 6.54 Å². The maximum atomic E-state index is 13.0. The first-order valence-electron chi connectivity index (χ1n) is 8.03. The van der Waals surface area contributed by atoms with E-state index in [2.05, 4.69) is 25.8 Å². The maximum absolute atomic E-state index is 13.0. The van der Waals surface area contributed by atoms with Crippen molar-refractivity contribution in [1.82, 2.24) is 30.5 Å². The third kappa shape index (κ3) is 3.71. The molecule has 0 atom stereocenters. The molecule has 8 nitrogen and oxygen atoms in total. The zero-order chi connectivity index (χ0) is 18.6. The van der Waals surface area contributed by atoms with E-state index in [4.69, 9.17) is 4.52 Å². The molecule has 1 N–H and O–H groups in total. The van der Waals surface area contributed by atoms with E-state index in [0.717, 1.165) is 5.56 Å². The van der Waals surface area contributed by atoms with Crippen LogP contribution in [0.4, 0.5) is 4.39 Å². The molecule has 0 aliphatic heterocycles. The van der Waals surface area contributed by atoms with Crippen LogP contribution in [0.5, 0.6) is 0 Å². The van der Waals surface area contributed by atoms with Crippen molar-refractivity contribution in [2.75, 3.05) is 0 Å². The van der Waals surface area contributed by atoms with Crippen LogP contribution < -0.4 is 5.32 Å². The molecule has 0 saturated heterocycles. The first-order valence-corrected chi connectivity index (χ1v) is 8.03. The number of rotatable bonds is 5. The van der Waals surface area contributed by atoms with Gasteiger partial charge in [0.2, 0.25) is 5.82 Å². The second-order valence-corrected chi connectivity index (χ2v) is 5.62. The van der Waals surface area contributed by atoms with E-state index >= 15 is 0 Å². The summed E-state index contributed by atoms with van der Waals surface area (Å²) in [6, 6.07) is 15.2. The molecular weight excluding hydrogens is 351 g/mol. The quantitative estimate of drug-likeness (QED) is 0.584. The lowest BCUT2D eigenvalue weighted by Crippen LogP contribution is -2.23. The van der Waals surface area contributed by atoms with Crippen LogP contribution in [-0.4, -0.2) is 31.0 Å². The van der Waals surface area contributed by atoms with Gasteiger partial charge in [-0.05, 0) is 29.8 Å². The summed E-state index contributed by atoms with van der Waals surface area (Å²) in [5, 5.41) is 14.4. The van der Waals surface area contributed by atoms with Crippen molar-refractivity contribution >= 4 is 5.91 Å². The second-order valence-electron chi connectivity index (χ2n) is 5.62. The Hall–Kier alpha value is -3.88. The molecule has 0 radical (unpaired) electrons. The number of hydrogen-bond donors (Lipinski definition) is 1. The summed E-state index contributed by atoms with van der Waals surface area (Å²) < 4.78 is 19.5. The van der Waals surface area contributed by atoms with E-state index in [1.807, 2.05) is 30.3 Å². The highest BCUT2D eigenvalue weighted by molar-refractivity contribution is 5.89. The molecule has 134 valence electrons. The topological polar surface area (TPSA) is 98.7 Å². The Kier molecular flexibility index (Phi) is 4.40. The highest BCUT2D eigenvalue weighted by Crippen LogP contribution is 2.15. The van der Waals surface area contributed by atoms with Crippen LogP contribution in [0.2, 0.25) is 0 Å². The summed E-state index contributed by atoms with van der Waals surface area (Å²) in [6.45, 7) is 0.345. The predicted molar refractivity (Wildman–Crippen MR) is 92.2 cm³/mol. The monoisotopic (exact) mass is 364 g/mol. The Balaban J connectivity index is 1.46. The molecule has 0 spiro atoms. The molecule has 2 aromatic carbocycles. The molecule has 0 unspecified atom stereocenters. The summed E-state index contributed by atoms with van der Waals surface area (Å²) in [7, 11) is 0. The van der Waals surface area contributed by atoms with Gasteiger partial charge in [-0.1, -0.05) is 40.7 Å². The van der Waals surface area contributed by atoms with Crippen molar-refractivity contribution in [3.63, 3.8) is 0 Å². The van der Waals surface area contributed by atoms with Gasteiger partial charge in [0, 0.05) is 6.54 Å². The van der Waals surface area contributed by atoms with Gasteiger partial charge in [0.05, 0.1) is 11.9 Å². The molecule has 27 heavy (non-hydrogen) atoms. The number of halogens is 1. The fraction of sp³-hybridized carbons (Fsp3) is 0.0556. The van der Waals surface area contributed by atoms with Gasteiger partial charge in [-0.15, -0.1) is 5.10 Å². The Bertz CT molecular complexity index is 1060. The second kappa shape index (κ2) is 7.16. The van der Waals surface area contributed by atoms with Crippen LogP contribution in [-0.2, 0) is 6.54 Å². The molecule has 1 amide bonds. The lowest BCUT2D eigenvalue weighted by Gasteiger charge is -2.01. The number of nitrogens with one attached hydrogen (secondary N) is 1. The van der Waals surface area contributed by atoms with Crippen molar-refractivity contribution in [3.05, 3.63) is 78.1 Å². The van der Waals surface area contributed by atoms with Crippen LogP contribution in [0.25, 0.3) is 17.2 Å². The third-order valence-corrected chi connectivity index (χ3v) is 3.73. The Morgan fingerprint density at radius 1 is 1.11 bits per heavy atom. The van der Waals surface area contributed by atoms with Crippen LogP contribution in [0.15, 0.2) is 65.3 Å². The minimum absolute atomic E-state index is 0.133. The number of carbonyl (C=O) groups excluding carboxylic acids is 1. The first kappa shape index (κ1) is 16.6. The minimum Gasteiger partial charge on any atom is -0.344 e. The zero-order valence-corrected chi connectivity index (χ0v) is 13.9. The molecule has 4 rings (SSSR count). The number of aromatic nitrogens is 5. The van der Waals surface area contributed by atoms with E-state index in [0.29, 0.717) is 17.9 Å². The number of amides is 1. The summed E-state index contributed by atoms with van der Waals surface area (Å²) in [4.78, 5) is 16.2. The van der Waals surface area contributed by atoms with Crippen LogP contribution in [0.1, 0.15) is 16.2 Å². The number of hydrogen-bond acceptors (Lipinski definition) is 6. The van der Waals surface area contributed by atoms with Gasteiger partial charge >= 0.3 is 11.8 Å². The van der Waals surface area contributed by atoms with E-state index in [-0.39, 0.29) is 17.5 Å². The third-order valence-electron chi connectivity index (χ3n) is 3.73. The Morgan fingerprint density at radius 2 is 1.89 bits per heavy atom. The van der Waals surface area contributed by atoms with Crippen LogP contribution >= 0.6 is 0 Å². The molecular formula is C18H13FN6O2. The van der Waals surface area contributed by atoms with E-state index in [9.17, 15) is 9.18 Å². The standard InChI is InChI=1S/C18H13FN6O2/c19-13-6-8-14(9-7-13)25-11-15(22-24-25)16-21-18(27-23-16)17(26)20-10-12-4-2-1-3-5-12/h1-9,11H,10H2,(H,20,26). The van der Waals surface area contributed by atoms with Gasteiger partial charge in [0.1, 0.15) is 5.82 Å². The minimum atomic E-state index is -0.483. The molecule has 4 aromatic rings. The molecule has 2 aromatic heterocycles. The average Bonchev–Trinajstić information content (AvgIpc) is 3.37. The van der Waals surface area contributed by atoms with Crippen molar-refractivity contribution < 1.29 is 13.7 Å². The fourth-order valence-electron chi connectivity index (χ4n) is 2.36. The van der Waals surface area contributed by atoms with Gasteiger partial charge in [-0.25, -0.2) is 9.07 Å². The molecule has 0 aliphatic carbocycles. The summed E-state index contributed by atoms with van der Waals surface area (Å²) >= 11 is 0. The van der Waals surface area contributed by atoms with Gasteiger partial charge in [0.15, 0.2) is 5.69 Å². The van der Waals surface area contributed by atoms with Crippen molar-refractivity contribution in [2.24, 2.45) is 0 Å². The van der Waals surface area contributed by atoms with E-state index < -0.39 is 5.91 Å². The molecule has 0 fully saturated rings.